The van der Waals surface area contributed by atoms with Crippen molar-refractivity contribution in [2.75, 3.05) is 17.1 Å². The zero-order valence-electron chi connectivity index (χ0n) is 14.8. The van der Waals surface area contributed by atoms with E-state index in [9.17, 15) is 13.2 Å². The molecule has 25 heavy (non-hydrogen) atoms. The van der Waals surface area contributed by atoms with Crippen molar-refractivity contribution in [2.24, 2.45) is 0 Å². The molecule has 134 valence electrons. The van der Waals surface area contributed by atoms with Crippen LogP contribution in [0.15, 0.2) is 48.5 Å². The standard InChI is InChI=1S/C19H24N2O3S/c1-4-12-20-19(22)17-10-8-16(9-11-17)14-21(25(3,23)24)18-7-5-6-15(2)13-18/h5-11,13H,4,12,14H2,1-3H3,(H,20,22). The van der Waals surface area contributed by atoms with Crippen molar-refractivity contribution < 1.29 is 13.2 Å². The summed E-state index contributed by atoms with van der Waals surface area (Å²) in [5.41, 5.74) is 3.01. The van der Waals surface area contributed by atoms with Gasteiger partial charge in [-0.3, -0.25) is 9.10 Å². The second-order valence-corrected chi connectivity index (χ2v) is 7.97. The molecule has 0 aliphatic heterocycles. The maximum atomic E-state index is 12.2. The van der Waals surface area contributed by atoms with Crippen LogP contribution in [0.4, 0.5) is 5.69 Å². The maximum absolute atomic E-state index is 12.2. The zero-order valence-corrected chi connectivity index (χ0v) is 15.6. The summed E-state index contributed by atoms with van der Waals surface area (Å²) in [5.74, 6) is -0.118. The Morgan fingerprint density at radius 2 is 1.80 bits per heavy atom. The molecule has 1 amide bonds. The van der Waals surface area contributed by atoms with E-state index in [1.54, 1.807) is 30.3 Å². The van der Waals surface area contributed by atoms with Gasteiger partial charge in [0.15, 0.2) is 0 Å². The Bertz CT molecular complexity index is 830. The van der Waals surface area contributed by atoms with Gasteiger partial charge in [0.1, 0.15) is 0 Å². The smallest absolute Gasteiger partial charge is 0.251 e. The summed E-state index contributed by atoms with van der Waals surface area (Å²) in [7, 11) is -3.42. The van der Waals surface area contributed by atoms with Gasteiger partial charge in [0.25, 0.3) is 5.91 Å². The predicted molar refractivity (Wildman–Crippen MR) is 101 cm³/mol. The Kier molecular flexibility index (Phi) is 6.20. The summed E-state index contributed by atoms with van der Waals surface area (Å²) in [6, 6.07) is 14.4. The van der Waals surface area contributed by atoms with E-state index in [1.165, 1.54) is 10.6 Å². The molecular weight excluding hydrogens is 336 g/mol. The van der Waals surface area contributed by atoms with Gasteiger partial charge in [0.05, 0.1) is 18.5 Å². The number of hydrogen-bond acceptors (Lipinski definition) is 3. The lowest BCUT2D eigenvalue weighted by Gasteiger charge is -2.23. The number of benzene rings is 2. The number of carbonyl (C=O) groups excluding carboxylic acids is 1. The minimum absolute atomic E-state index is 0.118. The molecule has 0 radical (unpaired) electrons. The van der Waals surface area contributed by atoms with Crippen LogP contribution in [0.25, 0.3) is 0 Å². The Morgan fingerprint density at radius 3 is 2.36 bits per heavy atom. The minimum Gasteiger partial charge on any atom is -0.352 e. The van der Waals surface area contributed by atoms with Crippen molar-refractivity contribution in [3.05, 3.63) is 65.2 Å². The molecule has 6 heteroatoms. The highest BCUT2D eigenvalue weighted by Gasteiger charge is 2.18. The van der Waals surface area contributed by atoms with Crippen LogP contribution < -0.4 is 9.62 Å². The summed E-state index contributed by atoms with van der Waals surface area (Å²) in [4.78, 5) is 11.9. The number of carbonyl (C=O) groups is 1. The zero-order chi connectivity index (χ0) is 18.4. The van der Waals surface area contributed by atoms with Crippen LogP contribution in [0.5, 0.6) is 0 Å². The third kappa shape index (κ3) is 5.32. The molecule has 0 saturated carbocycles. The summed E-state index contributed by atoms with van der Waals surface area (Å²) < 4.78 is 25.8. The Morgan fingerprint density at radius 1 is 1.12 bits per heavy atom. The lowest BCUT2D eigenvalue weighted by atomic mass is 10.1. The van der Waals surface area contributed by atoms with Gasteiger partial charge in [-0.15, -0.1) is 0 Å². The van der Waals surface area contributed by atoms with E-state index in [4.69, 9.17) is 0 Å². The van der Waals surface area contributed by atoms with Gasteiger partial charge in [-0.25, -0.2) is 8.42 Å². The van der Waals surface area contributed by atoms with Crippen LogP contribution in [0.1, 0.15) is 34.8 Å². The highest BCUT2D eigenvalue weighted by molar-refractivity contribution is 7.92. The largest absolute Gasteiger partial charge is 0.352 e. The number of nitrogens with one attached hydrogen (secondary N) is 1. The minimum atomic E-state index is -3.42. The quantitative estimate of drug-likeness (QED) is 0.825. The normalized spacial score (nSPS) is 11.2. The highest BCUT2D eigenvalue weighted by atomic mass is 32.2. The summed E-state index contributed by atoms with van der Waals surface area (Å²) >= 11 is 0. The first-order valence-corrected chi connectivity index (χ1v) is 10.1. The second-order valence-electron chi connectivity index (χ2n) is 6.06. The molecule has 0 atom stereocenters. The van der Waals surface area contributed by atoms with Gasteiger partial charge >= 0.3 is 0 Å². The number of aryl methyl sites for hydroxylation is 1. The molecule has 0 fully saturated rings. The van der Waals surface area contributed by atoms with E-state index in [2.05, 4.69) is 5.32 Å². The van der Waals surface area contributed by atoms with Crippen molar-refractivity contribution in [3.63, 3.8) is 0 Å². The van der Waals surface area contributed by atoms with Crippen molar-refractivity contribution in [2.45, 2.75) is 26.8 Å². The first-order chi connectivity index (χ1) is 11.8. The Balaban J connectivity index is 2.21. The van der Waals surface area contributed by atoms with Crippen molar-refractivity contribution in [1.82, 2.24) is 5.32 Å². The number of sulfonamides is 1. The van der Waals surface area contributed by atoms with E-state index in [0.29, 0.717) is 17.8 Å². The van der Waals surface area contributed by atoms with Crippen LogP contribution >= 0.6 is 0 Å². The molecule has 0 heterocycles. The van der Waals surface area contributed by atoms with Gasteiger partial charge in [-0.1, -0.05) is 31.2 Å². The van der Waals surface area contributed by atoms with Crippen LogP contribution in [0.3, 0.4) is 0 Å². The number of rotatable bonds is 7. The molecule has 0 aliphatic rings. The monoisotopic (exact) mass is 360 g/mol. The van der Waals surface area contributed by atoms with Crippen molar-refractivity contribution in [1.29, 1.82) is 0 Å². The van der Waals surface area contributed by atoms with Crippen molar-refractivity contribution in [3.8, 4) is 0 Å². The van der Waals surface area contributed by atoms with Gasteiger partial charge < -0.3 is 5.32 Å². The lowest BCUT2D eigenvalue weighted by Crippen LogP contribution is -2.29. The molecule has 0 aliphatic carbocycles. The molecule has 0 bridgehead atoms. The van der Waals surface area contributed by atoms with Crippen LogP contribution in [-0.2, 0) is 16.6 Å². The number of anilines is 1. The first kappa shape index (κ1) is 19.0. The molecular formula is C19H24N2O3S. The molecule has 0 spiro atoms. The van der Waals surface area contributed by atoms with Gasteiger partial charge in [-0.05, 0) is 48.7 Å². The lowest BCUT2D eigenvalue weighted by molar-refractivity contribution is 0.0953. The molecule has 2 aromatic rings. The van der Waals surface area contributed by atoms with E-state index in [1.807, 2.05) is 32.0 Å². The predicted octanol–water partition coefficient (Wildman–Crippen LogP) is 3.10. The molecule has 0 aromatic heterocycles. The SMILES string of the molecule is CCCNC(=O)c1ccc(CN(c2cccc(C)c2)S(C)(=O)=O)cc1. The van der Waals surface area contributed by atoms with Gasteiger partial charge in [-0.2, -0.15) is 0 Å². The Labute approximate surface area is 149 Å². The number of hydrogen-bond donors (Lipinski definition) is 1. The Hall–Kier alpha value is -2.34. The molecule has 0 saturated heterocycles. The van der Waals surface area contributed by atoms with Gasteiger partial charge in [0, 0.05) is 12.1 Å². The fourth-order valence-corrected chi connectivity index (χ4v) is 3.33. The third-order valence-corrected chi connectivity index (χ3v) is 4.91. The summed E-state index contributed by atoms with van der Waals surface area (Å²) in [5, 5.41) is 2.82. The van der Waals surface area contributed by atoms with E-state index in [0.717, 1.165) is 17.5 Å². The highest BCUT2D eigenvalue weighted by Crippen LogP contribution is 2.21. The van der Waals surface area contributed by atoms with Crippen LogP contribution in [0.2, 0.25) is 0 Å². The maximum Gasteiger partial charge on any atom is 0.251 e. The molecule has 2 rings (SSSR count). The fourth-order valence-electron chi connectivity index (χ4n) is 2.45. The average Bonchev–Trinajstić information content (AvgIpc) is 2.57. The molecule has 5 nitrogen and oxygen atoms in total. The van der Waals surface area contributed by atoms with Crippen molar-refractivity contribution >= 4 is 21.6 Å². The van der Waals surface area contributed by atoms with Gasteiger partial charge in [0.2, 0.25) is 10.0 Å². The van der Waals surface area contributed by atoms with E-state index >= 15 is 0 Å². The molecule has 2 aromatic carbocycles. The number of amides is 1. The second kappa shape index (κ2) is 8.16. The van der Waals surface area contributed by atoms with E-state index in [-0.39, 0.29) is 12.5 Å². The summed E-state index contributed by atoms with van der Waals surface area (Å²) in [6.45, 7) is 4.77. The topological polar surface area (TPSA) is 66.5 Å². The van der Waals surface area contributed by atoms with E-state index < -0.39 is 10.0 Å². The average molecular weight is 360 g/mol. The van der Waals surface area contributed by atoms with Crippen LogP contribution in [-0.4, -0.2) is 27.1 Å². The molecule has 0 unspecified atom stereocenters. The number of nitrogens with zero attached hydrogens (tertiary/aromatic N) is 1. The first-order valence-electron chi connectivity index (χ1n) is 8.23. The van der Waals surface area contributed by atoms with Crippen LogP contribution in [0, 0.1) is 6.92 Å². The third-order valence-electron chi connectivity index (χ3n) is 3.77. The fraction of sp³-hybridized carbons (Fsp3) is 0.316. The summed E-state index contributed by atoms with van der Waals surface area (Å²) in [6.07, 6.45) is 2.07. The molecule has 1 N–H and O–H groups in total.